The van der Waals surface area contributed by atoms with Crippen molar-refractivity contribution >= 4 is 21.8 Å². The number of pyridine rings is 1. The van der Waals surface area contributed by atoms with Crippen LogP contribution in [-0.2, 0) is 0 Å². The van der Waals surface area contributed by atoms with E-state index in [1.165, 1.54) is 0 Å². The lowest BCUT2D eigenvalue weighted by atomic mass is 10.1. The molecule has 2 heterocycles. The number of nitrogens with zero attached hydrogens (tertiary/aromatic N) is 1. The monoisotopic (exact) mass is 255 g/mol. The fourth-order valence-electron chi connectivity index (χ4n) is 1.20. The molecule has 1 fully saturated rings. The summed E-state index contributed by atoms with van der Waals surface area (Å²) in [6, 6.07) is 3.68. The predicted octanol–water partition coefficient (Wildman–Crippen LogP) is 0.546. The molecule has 14 heavy (non-hydrogen) atoms. The van der Waals surface area contributed by atoms with Gasteiger partial charge in [0.1, 0.15) is 4.60 Å². The quantitative estimate of drug-likeness (QED) is 0.759. The average Bonchev–Trinajstić information content (AvgIpc) is 2.11. The Hall–Kier alpha value is -0.940. The molecule has 1 aromatic heterocycles. The minimum atomic E-state index is -0.0420. The topological polar surface area (TPSA) is 54.0 Å². The van der Waals surface area contributed by atoms with Crippen LogP contribution in [0.2, 0.25) is 0 Å². The van der Waals surface area contributed by atoms with Gasteiger partial charge in [-0.2, -0.15) is 0 Å². The third kappa shape index (κ3) is 2.10. The number of hydrogen-bond donors (Lipinski definition) is 2. The van der Waals surface area contributed by atoms with Gasteiger partial charge in [0.05, 0.1) is 6.04 Å². The lowest BCUT2D eigenvalue weighted by Crippen LogP contribution is -2.56. The van der Waals surface area contributed by atoms with E-state index in [1.54, 1.807) is 18.3 Å². The summed E-state index contributed by atoms with van der Waals surface area (Å²) in [5.41, 5.74) is 0.638. The molecule has 0 radical (unpaired) electrons. The highest BCUT2D eigenvalue weighted by Gasteiger charge is 2.19. The molecular weight excluding hydrogens is 246 g/mol. The van der Waals surface area contributed by atoms with E-state index in [1.807, 2.05) is 0 Å². The second-order valence-corrected chi connectivity index (χ2v) is 4.01. The molecule has 2 N–H and O–H groups in total. The molecule has 5 heteroatoms. The molecule has 0 aliphatic carbocycles. The van der Waals surface area contributed by atoms with Gasteiger partial charge in [-0.05, 0) is 28.1 Å². The van der Waals surface area contributed by atoms with Crippen LogP contribution in [0.25, 0.3) is 0 Å². The Morgan fingerprint density at radius 3 is 3.00 bits per heavy atom. The van der Waals surface area contributed by atoms with Crippen molar-refractivity contribution in [2.45, 2.75) is 6.04 Å². The zero-order valence-corrected chi connectivity index (χ0v) is 9.04. The fourth-order valence-corrected chi connectivity index (χ4v) is 1.57. The molecular formula is C9H10BrN3O. The van der Waals surface area contributed by atoms with Crippen molar-refractivity contribution in [2.75, 3.05) is 13.1 Å². The first-order chi connectivity index (χ1) is 6.75. The molecule has 0 unspecified atom stereocenters. The van der Waals surface area contributed by atoms with Crippen molar-refractivity contribution in [3.05, 3.63) is 28.5 Å². The van der Waals surface area contributed by atoms with E-state index in [2.05, 4.69) is 31.5 Å². The maximum Gasteiger partial charge on any atom is 0.251 e. The highest BCUT2D eigenvalue weighted by atomic mass is 79.9. The number of halogens is 1. The summed E-state index contributed by atoms with van der Waals surface area (Å²) in [5.74, 6) is -0.0420. The Morgan fingerprint density at radius 2 is 2.43 bits per heavy atom. The minimum absolute atomic E-state index is 0.0420. The highest BCUT2D eigenvalue weighted by molar-refractivity contribution is 9.10. The van der Waals surface area contributed by atoms with Gasteiger partial charge in [0.2, 0.25) is 0 Å². The fraction of sp³-hybridized carbons (Fsp3) is 0.333. The minimum Gasteiger partial charge on any atom is -0.347 e. The summed E-state index contributed by atoms with van der Waals surface area (Å²) >= 11 is 3.22. The molecule has 1 aromatic rings. The number of aromatic nitrogens is 1. The smallest absolute Gasteiger partial charge is 0.251 e. The third-order valence-electron chi connectivity index (χ3n) is 2.11. The Balaban J connectivity index is 2.02. The number of carbonyl (C=O) groups excluding carboxylic acids is 1. The van der Waals surface area contributed by atoms with Gasteiger partial charge in [0.15, 0.2) is 0 Å². The van der Waals surface area contributed by atoms with Crippen molar-refractivity contribution in [1.29, 1.82) is 0 Å². The first-order valence-electron chi connectivity index (χ1n) is 4.39. The van der Waals surface area contributed by atoms with Crippen LogP contribution in [0.4, 0.5) is 0 Å². The van der Waals surface area contributed by atoms with Crippen molar-refractivity contribution < 1.29 is 4.79 Å². The normalized spacial score (nSPS) is 16.1. The summed E-state index contributed by atoms with van der Waals surface area (Å²) in [6.07, 6.45) is 1.61. The van der Waals surface area contributed by atoms with Gasteiger partial charge in [0.25, 0.3) is 5.91 Å². The summed E-state index contributed by atoms with van der Waals surface area (Å²) in [7, 11) is 0. The molecule has 4 nitrogen and oxygen atoms in total. The largest absolute Gasteiger partial charge is 0.347 e. The average molecular weight is 256 g/mol. The molecule has 74 valence electrons. The highest BCUT2D eigenvalue weighted by Crippen LogP contribution is 2.08. The van der Waals surface area contributed by atoms with Crippen LogP contribution < -0.4 is 10.6 Å². The molecule has 0 atom stereocenters. The van der Waals surface area contributed by atoms with Crippen LogP contribution in [-0.4, -0.2) is 30.0 Å². The SMILES string of the molecule is O=C(NC1CNC1)c1ccnc(Br)c1. The van der Waals surface area contributed by atoms with Crippen molar-refractivity contribution in [1.82, 2.24) is 15.6 Å². The van der Waals surface area contributed by atoms with E-state index in [4.69, 9.17) is 0 Å². The van der Waals surface area contributed by atoms with Gasteiger partial charge in [-0.25, -0.2) is 4.98 Å². The van der Waals surface area contributed by atoms with Gasteiger partial charge in [-0.15, -0.1) is 0 Å². The lowest BCUT2D eigenvalue weighted by Gasteiger charge is -2.27. The molecule has 1 amide bonds. The summed E-state index contributed by atoms with van der Waals surface area (Å²) < 4.78 is 0.678. The van der Waals surface area contributed by atoms with Crippen LogP contribution in [0.1, 0.15) is 10.4 Å². The number of carbonyl (C=O) groups is 1. The van der Waals surface area contributed by atoms with Gasteiger partial charge < -0.3 is 10.6 Å². The zero-order valence-electron chi connectivity index (χ0n) is 7.46. The molecule has 2 rings (SSSR count). The summed E-state index contributed by atoms with van der Waals surface area (Å²) in [6.45, 7) is 1.72. The standard InChI is InChI=1S/C9H10BrN3O/c10-8-3-6(1-2-12-8)9(14)13-7-4-11-5-7/h1-3,7,11H,4-5H2,(H,13,14). The van der Waals surface area contributed by atoms with Crippen molar-refractivity contribution in [3.8, 4) is 0 Å². The molecule has 0 aromatic carbocycles. The first kappa shape index (κ1) is 9.61. The molecule has 1 saturated heterocycles. The maximum atomic E-state index is 11.6. The summed E-state index contributed by atoms with van der Waals surface area (Å²) in [4.78, 5) is 15.6. The van der Waals surface area contributed by atoms with E-state index >= 15 is 0 Å². The molecule has 1 aliphatic heterocycles. The first-order valence-corrected chi connectivity index (χ1v) is 5.18. The van der Waals surface area contributed by atoms with Crippen LogP contribution in [0.3, 0.4) is 0 Å². The Bertz CT molecular complexity index is 352. The molecule has 0 bridgehead atoms. The summed E-state index contributed by atoms with van der Waals surface area (Å²) in [5, 5.41) is 6.00. The van der Waals surface area contributed by atoms with E-state index < -0.39 is 0 Å². The second kappa shape index (κ2) is 4.06. The molecule has 0 saturated carbocycles. The molecule has 1 aliphatic rings. The van der Waals surface area contributed by atoms with Crippen molar-refractivity contribution in [2.24, 2.45) is 0 Å². The predicted molar refractivity (Wildman–Crippen MR) is 56.1 cm³/mol. The lowest BCUT2D eigenvalue weighted by molar-refractivity contribution is 0.0923. The van der Waals surface area contributed by atoms with Gasteiger partial charge in [0, 0.05) is 24.8 Å². The van der Waals surface area contributed by atoms with Crippen molar-refractivity contribution in [3.63, 3.8) is 0 Å². The Kier molecular flexibility index (Phi) is 2.79. The second-order valence-electron chi connectivity index (χ2n) is 3.20. The Labute approximate surface area is 90.2 Å². The van der Waals surface area contributed by atoms with Gasteiger partial charge in [-0.1, -0.05) is 0 Å². The van der Waals surface area contributed by atoms with Gasteiger partial charge >= 0.3 is 0 Å². The Morgan fingerprint density at radius 1 is 1.64 bits per heavy atom. The number of hydrogen-bond acceptors (Lipinski definition) is 3. The number of rotatable bonds is 2. The maximum absolute atomic E-state index is 11.6. The van der Waals surface area contributed by atoms with E-state index in [9.17, 15) is 4.79 Å². The van der Waals surface area contributed by atoms with Crippen LogP contribution >= 0.6 is 15.9 Å². The van der Waals surface area contributed by atoms with Crippen LogP contribution in [0.5, 0.6) is 0 Å². The van der Waals surface area contributed by atoms with E-state index in [-0.39, 0.29) is 11.9 Å². The van der Waals surface area contributed by atoms with Crippen LogP contribution in [0, 0.1) is 0 Å². The zero-order chi connectivity index (χ0) is 9.97. The van der Waals surface area contributed by atoms with Gasteiger partial charge in [-0.3, -0.25) is 4.79 Å². The number of nitrogens with one attached hydrogen (secondary N) is 2. The van der Waals surface area contributed by atoms with Crippen LogP contribution in [0.15, 0.2) is 22.9 Å². The van der Waals surface area contributed by atoms with E-state index in [0.29, 0.717) is 10.2 Å². The van der Waals surface area contributed by atoms with E-state index in [0.717, 1.165) is 13.1 Å². The third-order valence-corrected chi connectivity index (χ3v) is 2.54. The molecule has 0 spiro atoms. The number of amides is 1.